The molecule has 0 bridgehead atoms. The fourth-order valence-electron chi connectivity index (χ4n) is 0.892. The molecule has 0 fully saturated rings. The van der Waals surface area contributed by atoms with Crippen LogP contribution in [0.15, 0.2) is 12.1 Å². The van der Waals surface area contributed by atoms with E-state index in [1.807, 2.05) is 0 Å². The van der Waals surface area contributed by atoms with Crippen LogP contribution in [0, 0.1) is 0 Å². The van der Waals surface area contributed by atoms with Crippen molar-refractivity contribution in [3.63, 3.8) is 0 Å². The van der Waals surface area contributed by atoms with Crippen LogP contribution in [0.5, 0.6) is 11.5 Å². The quantitative estimate of drug-likeness (QED) is 0.807. The van der Waals surface area contributed by atoms with Gasteiger partial charge < -0.3 is 9.47 Å². The van der Waals surface area contributed by atoms with Gasteiger partial charge in [-0.2, -0.15) is 8.78 Å². The van der Waals surface area contributed by atoms with Gasteiger partial charge in [0, 0.05) is 11.1 Å². The number of methoxy groups -OCH3 is 1. The Bertz CT molecular complexity index is 331. The first-order valence-electron chi connectivity index (χ1n) is 3.52. The molecule has 6 heteroatoms. The number of rotatable bonds is 3. The molecule has 0 heterocycles. The number of ether oxygens (including phenoxy) is 2. The van der Waals surface area contributed by atoms with Crippen molar-refractivity contribution in [3.8, 4) is 11.5 Å². The average Bonchev–Trinajstić information content (AvgIpc) is 2.08. The number of halogens is 4. The topological polar surface area (TPSA) is 18.5 Å². The number of hydrogen-bond acceptors (Lipinski definition) is 2. The van der Waals surface area contributed by atoms with E-state index < -0.39 is 6.61 Å². The normalized spacial score (nSPS) is 10.4. The number of hydrogen-bond donors (Lipinski definition) is 0. The van der Waals surface area contributed by atoms with E-state index in [0.29, 0.717) is 0 Å². The molecule has 0 saturated heterocycles. The lowest BCUT2D eigenvalue weighted by Gasteiger charge is -2.11. The lowest BCUT2D eigenvalue weighted by Crippen LogP contribution is -2.04. The molecule has 1 rings (SSSR count). The minimum absolute atomic E-state index is 0.0188. The summed E-state index contributed by atoms with van der Waals surface area (Å²) < 4.78 is 32.8. The Morgan fingerprint density at radius 3 is 2.43 bits per heavy atom. The Balaban J connectivity index is 3.11. The van der Waals surface area contributed by atoms with Crippen molar-refractivity contribution in [2.45, 2.75) is 6.61 Å². The lowest BCUT2D eigenvalue weighted by molar-refractivity contribution is -0.0511. The van der Waals surface area contributed by atoms with E-state index in [-0.39, 0.29) is 21.5 Å². The summed E-state index contributed by atoms with van der Waals surface area (Å²) in [5.74, 6) is -0.142. The predicted octanol–water partition coefficient (Wildman–Crippen LogP) is 3.60. The highest BCUT2D eigenvalue weighted by atomic mass is 35.5. The largest absolute Gasteiger partial charge is 0.493 e. The standard InChI is InChI=1S/C8H6Cl2F2O2/c1-13-6-3-4(9)2-5(10)7(6)14-8(11)12/h2-3,8H,1H3. The Kier molecular flexibility index (Phi) is 3.77. The van der Waals surface area contributed by atoms with Crippen molar-refractivity contribution < 1.29 is 18.3 Å². The van der Waals surface area contributed by atoms with Crippen molar-refractivity contribution in [2.75, 3.05) is 7.11 Å². The van der Waals surface area contributed by atoms with Crippen LogP contribution in [0.2, 0.25) is 10.0 Å². The smallest absolute Gasteiger partial charge is 0.387 e. The zero-order chi connectivity index (χ0) is 10.7. The number of alkyl halides is 2. The monoisotopic (exact) mass is 242 g/mol. The minimum Gasteiger partial charge on any atom is -0.493 e. The Morgan fingerprint density at radius 2 is 1.93 bits per heavy atom. The van der Waals surface area contributed by atoms with E-state index in [1.54, 1.807) is 0 Å². The first-order chi connectivity index (χ1) is 6.54. The highest BCUT2D eigenvalue weighted by Gasteiger charge is 2.15. The van der Waals surface area contributed by atoms with Crippen molar-refractivity contribution in [2.24, 2.45) is 0 Å². The molecule has 0 saturated carbocycles. The molecule has 1 aromatic carbocycles. The zero-order valence-corrected chi connectivity index (χ0v) is 8.57. The first-order valence-corrected chi connectivity index (χ1v) is 4.28. The van der Waals surface area contributed by atoms with Crippen LogP contribution in [0.25, 0.3) is 0 Å². The molecule has 0 aliphatic rings. The second-order valence-corrected chi connectivity index (χ2v) is 3.14. The summed E-state index contributed by atoms with van der Waals surface area (Å²) in [6.45, 7) is -2.96. The van der Waals surface area contributed by atoms with Crippen LogP contribution in [0.3, 0.4) is 0 Å². The van der Waals surface area contributed by atoms with Crippen LogP contribution in [0.4, 0.5) is 8.78 Å². The molecule has 0 aliphatic carbocycles. The maximum absolute atomic E-state index is 11.9. The van der Waals surface area contributed by atoms with Crippen LogP contribution in [-0.4, -0.2) is 13.7 Å². The summed E-state index contributed by atoms with van der Waals surface area (Å²) in [7, 11) is 1.31. The number of benzene rings is 1. The highest BCUT2D eigenvalue weighted by molar-refractivity contribution is 6.35. The molecule has 0 amide bonds. The molecule has 0 aliphatic heterocycles. The molecule has 0 aromatic heterocycles. The average molecular weight is 243 g/mol. The van der Waals surface area contributed by atoms with Gasteiger partial charge in [-0.3, -0.25) is 0 Å². The van der Waals surface area contributed by atoms with Gasteiger partial charge in [0.2, 0.25) is 0 Å². The molecule has 1 aromatic rings. The highest BCUT2D eigenvalue weighted by Crippen LogP contribution is 2.38. The first kappa shape index (κ1) is 11.3. The minimum atomic E-state index is -2.96. The maximum Gasteiger partial charge on any atom is 0.387 e. The van der Waals surface area contributed by atoms with Gasteiger partial charge in [0.15, 0.2) is 11.5 Å². The molecular weight excluding hydrogens is 237 g/mol. The maximum atomic E-state index is 11.9. The molecule has 0 N–H and O–H groups in total. The van der Waals surface area contributed by atoms with Gasteiger partial charge in [0.05, 0.1) is 12.1 Å². The SMILES string of the molecule is COc1cc(Cl)cc(Cl)c1OC(F)F. The zero-order valence-electron chi connectivity index (χ0n) is 7.06. The molecule has 0 radical (unpaired) electrons. The third kappa shape index (κ3) is 2.62. The third-order valence-electron chi connectivity index (χ3n) is 1.40. The summed E-state index contributed by atoms with van der Waals surface area (Å²) in [6.07, 6.45) is 0. The van der Waals surface area contributed by atoms with Crippen LogP contribution < -0.4 is 9.47 Å². The Labute approximate surface area is 89.3 Å². The van der Waals surface area contributed by atoms with Gasteiger partial charge in [0.1, 0.15) is 0 Å². The summed E-state index contributed by atoms with van der Waals surface area (Å²) in [5.41, 5.74) is 0. The van der Waals surface area contributed by atoms with Crippen molar-refractivity contribution in [1.82, 2.24) is 0 Å². The molecular formula is C8H6Cl2F2O2. The van der Waals surface area contributed by atoms with E-state index >= 15 is 0 Å². The molecule has 2 nitrogen and oxygen atoms in total. The molecule has 14 heavy (non-hydrogen) atoms. The van der Waals surface area contributed by atoms with Gasteiger partial charge in [-0.25, -0.2) is 0 Å². The molecule has 0 unspecified atom stereocenters. The lowest BCUT2D eigenvalue weighted by atomic mass is 10.3. The van der Waals surface area contributed by atoms with Crippen LogP contribution in [0.1, 0.15) is 0 Å². The van der Waals surface area contributed by atoms with Crippen molar-refractivity contribution in [1.29, 1.82) is 0 Å². The van der Waals surface area contributed by atoms with Gasteiger partial charge in [-0.05, 0) is 6.07 Å². The second kappa shape index (κ2) is 4.66. The van der Waals surface area contributed by atoms with E-state index in [4.69, 9.17) is 27.9 Å². The molecule has 0 atom stereocenters. The van der Waals surface area contributed by atoms with E-state index in [1.165, 1.54) is 19.2 Å². The van der Waals surface area contributed by atoms with Gasteiger partial charge in [0.25, 0.3) is 0 Å². The fraction of sp³-hybridized carbons (Fsp3) is 0.250. The second-order valence-electron chi connectivity index (χ2n) is 2.30. The fourth-order valence-corrected chi connectivity index (χ4v) is 1.41. The van der Waals surface area contributed by atoms with Gasteiger partial charge in [-0.1, -0.05) is 23.2 Å². The Morgan fingerprint density at radius 1 is 1.29 bits per heavy atom. The van der Waals surface area contributed by atoms with Crippen LogP contribution in [-0.2, 0) is 0 Å². The summed E-state index contributed by atoms with van der Waals surface area (Å²) in [4.78, 5) is 0. The summed E-state index contributed by atoms with van der Waals surface area (Å²) in [6, 6.07) is 2.63. The van der Waals surface area contributed by atoms with E-state index in [2.05, 4.69) is 4.74 Å². The van der Waals surface area contributed by atoms with Crippen molar-refractivity contribution >= 4 is 23.2 Å². The van der Waals surface area contributed by atoms with Crippen molar-refractivity contribution in [3.05, 3.63) is 22.2 Å². The van der Waals surface area contributed by atoms with Gasteiger partial charge in [-0.15, -0.1) is 0 Å². The predicted molar refractivity (Wildman–Crippen MR) is 49.6 cm³/mol. The third-order valence-corrected chi connectivity index (χ3v) is 1.90. The van der Waals surface area contributed by atoms with Gasteiger partial charge >= 0.3 is 6.61 Å². The molecule has 0 spiro atoms. The van der Waals surface area contributed by atoms with Crippen LogP contribution >= 0.6 is 23.2 Å². The molecule has 78 valence electrons. The summed E-state index contributed by atoms with van der Waals surface area (Å²) >= 11 is 11.3. The summed E-state index contributed by atoms with van der Waals surface area (Å²) in [5, 5.41) is 0.267. The van der Waals surface area contributed by atoms with E-state index in [0.717, 1.165) is 0 Å². The Hall–Kier alpha value is -0.740. The van der Waals surface area contributed by atoms with E-state index in [9.17, 15) is 8.78 Å².